The summed E-state index contributed by atoms with van der Waals surface area (Å²) in [5, 5.41) is 8.67. The van der Waals surface area contributed by atoms with Gasteiger partial charge in [0.05, 0.1) is 5.92 Å². The molecule has 0 bridgehead atoms. The predicted molar refractivity (Wildman–Crippen MR) is 49.8 cm³/mol. The molecule has 0 saturated heterocycles. The molecule has 78 valence electrons. The first-order valence-electron chi connectivity index (χ1n) is 3.81. The summed E-state index contributed by atoms with van der Waals surface area (Å²) in [4.78, 5) is 20.9. The average molecular weight is 211 g/mol. The van der Waals surface area contributed by atoms with Crippen molar-refractivity contribution in [2.24, 2.45) is 11.8 Å². The number of hydrogen-bond acceptors (Lipinski definition) is 3. The summed E-state index contributed by atoms with van der Waals surface area (Å²) in [7, 11) is 0. The molecule has 0 aliphatic rings. The van der Waals surface area contributed by atoms with Gasteiger partial charge in [-0.2, -0.15) is 0 Å². The van der Waals surface area contributed by atoms with Gasteiger partial charge in [0.15, 0.2) is 0 Å². The van der Waals surface area contributed by atoms with E-state index in [1.165, 1.54) is 6.92 Å². The van der Waals surface area contributed by atoms with Gasteiger partial charge >= 0.3 is 11.9 Å². The van der Waals surface area contributed by atoms with Crippen LogP contribution in [-0.4, -0.2) is 23.7 Å². The predicted octanol–water partition coefficient (Wildman–Crippen LogP) is 1.33. The fourth-order valence-corrected chi connectivity index (χ4v) is 0.756. The molecule has 0 rings (SSSR count). The number of carboxylic acid groups (broad SMARTS) is 1. The van der Waals surface area contributed by atoms with Gasteiger partial charge in [0, 0.05) is 6.92 Å². The fourth-order valence-electron chi connectivity index (χ4n) is 0.756. The molecule has 5 heteroatoms. The minimum absolute atomic E-state index is 0. The average Bonchev–Trinajstić information content (AvgIpc) is 1.84. The number of carboxylic acids is 1. The molecular weight excluding hydrogens is 196 g/mol. The molecule has 0 radical (unpaired) electrons. The van der Waals surface area contributed by atoms with Crippen molar-refractivity contribution in [1.82, 2.24) is 0 Å². The Morgan fingerprint density at radius 1 is 1.38 bits per heavy atom. The third-order valence-electron chi connectivity index (χ3n) is 1.59. The van der Waals surface area contributed by atoms with Crippen LogP contribution in [0.2, 0.25) is 0 Å². The zero-order valence-electron chi connectivity index (χ0n) is 7.94. The molecule has 0 amide bonds. The molecule has 1 atom stereocenters. The van der Waals surface area contributed by atoms with E-state index in [2.05, 4.69) is 4.74 Å². The molecule has 0 aromatic heterocycles. The summed E-state index contributed by atoms with van der Waals surface area (Å²) in [5.74, 6) is -2.00. The quantitative estimate of drug-likeness (QED) is 0.711. The van der Waals surface area contributed by atoms with Crippen molar-refractivity contribution in [2.75, 3.05) is 6.61 Å². The van der Waals surface area contributed by atoms with E-state index in [0.717, 1.165) is 0 Å². The van der Waals surface area contributed by atoms with Crippen molar-refractivity contribution >= 4 is 24.3 Å². The molecule has 0 aliphatic carbocycles. The topological polar surface area (TPSA) is 63.6 Å². The van der Waals surface area contributed by atoms with Crippen molar-refractivity contribution in [3.8, 4) is 0 Å². The Kier molecular flexibility index (Phi) is 7.61. The van der Waals surface area contributed by atoms with E-state index in [4.69, 9.17) is 5.11 Å². The molecule has 4 nitrogen and oxygen atoms in total. The van der Waals surface area contributed by atoms with Crippen LogP contribution in [0.15, 0.2) is 0 Å². The lowest BCUT2D eigenvalue weighted by Gasteiger charge is -2.14. The Bertz CT molecular complexity index is 179. The van der Waals surface area contributed by atoms with Crippen LogP contribution in [0.5, 0.6) is 0 Å². The van der Waals surface area contributed by atoms with Crippen LogP contribution < -0.4 is 0 Å². The Balaban J connectivity index is 0. The highest BCUT2D eigenvalue weighted by Gasteiger charge is 2.22. The van der Waals surface area contributed by atoms with Crippen molar-refractivity contribution < 1.29 is 19.4 Å². The van der Waals surface area contributed by atoms with Gasteiger partial charge in [0.2, 0.25) is 0 Å². The van der Waals surface area contributed by atoms with Gasteiger partial charge in [-0.05, 0) is 5.92 Å². The fraction of sp³-hybridized carbons (Fsp3) is 0.750. The SMILES string of the molecule is CC(=O)OCC(C(=O)O)C(C)C.Cl. The second-order valence-corrected chi connectivity index (χ2v) is 2.99. The third-order valence-corrected chi connectivity index (χ3v) is 1.59. The van der Waals surface area contributed by atoms with Crippen LogP contribution in [0, 0.1) is 11.8 Å². The van der Waals surface area contributed by atoms with Crippen LogP contribution in [0.1, 0.15) is 20.8 Å². The van der Waals surface area contributed by atoms with E-state index >= 15 is 0 Å². The summed E-state index contributed by atoms with van der Waals surface area (Å²) < 4.78 is 4.61. The zero-order valence-corrected chi connectivity index (χ0v) is 8.76. The van der Waals surface area contributed by atoms with E-state index in [1.807, 2.05) is 0 Å². The second kappa shape index (κ2) is 6.71. The maximum Gasteiger partial charge on any atom is 0.310 e. The molecular formula is C8H15ClO4. The van der Waals surface area contributed by atoms with Crippen molar-refractivity contribution in [3.05, 3.63) is 0 Å². The Morgan fingerprint density at radius 2 is 1.85 bits per heavy atom. The summed E-state index contributed by atoms with van der Waals surface area (Å²) in [6.45, 7) is 4.78. The van der Waals surface area contributed by atoms with Crippen molar-refractivity contribution in [1.29, 1.82) is 0 Å². The Morgan fingerprint density at radius 3 is 2.08 bits per heavy atom. The number of halogens is 1. The maximum atomic E-state index is 10.6. The number of carbonyl (C=O) groups is 2. The Hall–Kier alpha value is -0.770. The second-order valence-electron chi connectivity index (χ2n) is 2.99. The monoisotopic (exact) mass is 210 g/mol. The third kappa shape index (κ3) is 6.40. The standard InChI is InChI=1S/C8H14O4.ClH/c1-5(2)7(8(10)11)4-12-6(3)9;/h5,7H,4H2,1-3H3,(H,10,11);1H. The lowest BCUT2D eigenvalue weighted by atomic mass is 9.97. The van der Waals surface area contributed by atoms with Gasteiger partial charge in [-0.3, -0.25) is 9.59 Å². The zero-order chi connectivity index (χ0) is 9.72. The van der Waals surface area contributed by atoms with Gasteiger partial charge in [0.1, 0.15) is 6.61 Å². The maximum absolute atomic E-state index is 10.6. The first-order chi connectivity index (χ1) is 5.45. The van der Waals surface area contributed by atoms with Crippen molar-refractivity contribution in [3.63, 3.8) is 0 Å². The van der Waals surface area contributed by atoms with Gasteiger partial charge < -0.3 is 9.84 Å². The number of aliphatic carboxylic acids is 1. The Labute approximate surface area is 83.7 Å². The summed E-state index contributed by atoms with van der Waals surface area (Å²) >= 11 is 0. The first-order valence-corrected chi connectivity index (χ1v) is 3.81. The molecule has 0 heterocycles. The molecule has 1 unspecified atom stereocenters. The molecule has 0 spiro atoms. The first kappa shape index (κ1) is 14.7. The highest BCUT2D eigenvalue weighted by molar-refractivity contribution is 5.85. The summed E-state index contributed by atoms with van der Waals surface area (Å²) in [6.07, 6.45) is 0. The molecule has 13 heavy (non-hydrogen) atoms. The normalized spacial score (nSPS) is 11.7. The number of hydrogen-bond donors (Lipinski definition) is 1. The number of rotatable bonds is 4. The van der Waals surface area contributed by atoms with Gasteiger partial charge in [0.25, 0.3) is 0 Å². The van der Waals surface area contributed by atoms with E-state index in [0.29, 0.717) is 0 Å². The smallest absolute Gasteiger partial charge is 0.310 e. The molecule has 0 aromatic carbocycles. The highest BCUT2D eigenvalue weighted by Crippen LogP contribution is 2.11. The summed E-state index contributed by atoms with van der Waals surface area (Å²) in [6, 6.07) is 0. The lowest BCUT2D eigenvalue weighted by Crippen LogP contribution is -2.25. The number of ether oxygens (including phenoxy) is 1. The van der Waals surface area contributed by atoms with E-state index in [-0.39, 0.29) is 24.9 Å². The van der Waals surface area contributed by atoms with Gasteiger partial charge in [-0.1, -0.05) is 13.8 Å². The van der Waals surface area contributed by atoms with E-state index in [1.54, 1.807) is 13.8 Å². The summed E-state index contributed by atoms with van der Waals surface area (Å²) in [5.41, 5.74) is 0. The minimum Gasteiger partial charge on any atom is -0.481 e. The van der Waals surface area contributed by atoms with Crippen molar-refractivity contribution in [2.45, 2.75) is 20.8 Å². The number of esters is 1. The van der Waals surface area contributed by atoms with Gasteiger partial charge in [-0.15, -0.1) is 12.4 Å². The lowest BCUT2D eigenvalue weighted by molar-refractivity contribution is -0.151. The van der Waals surface area contributed by atoms with Gasteiger partial charge in [-0.25, -0.2) is 0 Å². The van der Waals surface area contributed by atoms with Crippen LogP contribution in [0.4, 0.5) is 0 Å². The van der Waals surface area contributed by atoms with Crippen LogP contribution in [-0.2, 0) is 14.3 Å². The molecule has 0 aromatic rings. The highest BCUT2D eigenvalue weighted by atomic mass is 35.5. The minimum atomic E-state index is -0.925. The molecule has 0 aliphatic heterocycles. The van der Waals surface area contributed by atoms with E-state index < -0.39 is 17.9 Å². The largest absolute Gasteiger partial charge is 0.481 e. The van der Waals surface area contributed by atoms with Crippen LogP contribution >= 0.6 is 12.4 Å². The van der Waals surface area contributed by atoms with E-state index in [9.17, 15) is 9.59 Å². The molecule has 0 saturated carbocycles. The molecule has 1 N–H and O–H groups in total. The molecule has 0 fully saturated rings. The number of carbonyl (C=O) groups excluding carboxylic acids is 1. The van der Waals surface area contributed by atoms with Crippen LogP contribution in [0.3, 0.4) is 0 Å². The van der Waals surface area contributed by atoms with Crippen LogP contribution in [0.25, 0.3) is 0 Å².